The van der Waals surface area contributed by atoms with Gasteiger partial charge in [0.05, 0.1) is 0 Å². The number of hydrogen-bond donors (Lipinski definition) is 3. The van der Waals surface area contributed by atoms with Gasteiger partial charge in [0.15, 0.2) is 0 Å². The maximum Gasteiger partial charge on any atom is 0.326 e. The van der Waals surface area contributed by atoms with Crippen molar-refractivity contribution < 1.29 is 14.7 Å². The van der Waals surface area contributed by atoms with Crippen LogP contribution in [0.25, 0.3) is 0 Å². The molecule has 0 saturated carbocycles. The predicted octanol–water partition coefficient (Wildman–Crippen LogP) is 1.53. The van der Waals surface area contributed by atoms with Crippen LogP contribution >= 0.6 is 11.8 Å². The Kier molecular flexibility index (Phi) is 7.63. The van der Waals surface area contributed by atoms with Crippen molar-refractivity contribution in [2.45, 2.75) is 19.4 Å². The molecule has 0 aliphatic carbocycles. The van der Waals surface area contributed by atoms with E-state index in [4.69, 9.17) is 10.4 Å². The van der Waals surface area contributed by atoms with Crippen LogP contribution in [0, 0.1) is 18.3 Å². The molecule has 1 amide bonds. The van der Waals surface area contributed by atoms with Crippen LogP contribution in [0.1, 0.15) is 12.1 Å². The molecule has 0 fully saturated rings. The van der Waals surface area contributed by atoms with Crippen LogP contribution in [0.4, 0.5) is 5.82 Å². The first-order chi connectivity index (χ1) is 11.0. The number of carbonyl (C=O) groups excluding carboxylic acids is 1. The molecule has 23 heavy (non-hydrogen) atoms. The average molecular weight is 334 g/mol. The lowest BCUT2D eigenvalue weighted by molar-refractivity contribution is -0.141. The van der Waals surface area contributed by atoms with E-state index in [-0.39, 0.29) is 12.0 Å². The highest BCUT2D eigenvalue weighted by Crippen LogP contribution is 2.06. The van der Waals surface area contributed by atoms with Gasteiger partial charge in [-0.2, -0.15) is 17.0 Å². The number of pyridine rings is 1. The Morgan fingerprint density at radius 2 is 2.26 bits per heavy atom. The molecule has 1 aromatic rings. The first kappa shape index (κ1) is 18.5. The number of aryl methyl sites for hydroxylation is 1. The standard InChI is InChI=1S/C15H18N4O3S/c1-10-4-3-5-13(18-10)17-9-11(8-16)14(20)19-12(15(21)22)6-7-23-2/h3-5,9,12H,6-7H2,1-2H3,(H,17,18)(H,19,20)(H,21,22)/b11-9-. The molecule has 0 spiro atoms. The molecule has 0 radical (unpaired) electrons. The lowest BCUT2D eigenvalue weighted by atomic mass is 10.2. The van der Waals surface area contributed by atoms with Crippen LogP contribution < -0.4 is 10.6 Å². The molecule has 3 N–H and O–H groups in total. The molecule has 0 aliphatic rings. The Labute approximate surface area is 138 Å². The minimum atomic E-state index is -1.13. The van der Waals surface area contributed by atoms with Gasteiger partial charge >= 0.3 is 5.97 Å². The Morgan fingerprint density at radius 1 is 1.52 bits per heavy atom. The van der Waals surface area contributed by atoms with Gasteiger partial charge in [0.1, 0.15) is 23.5 Å². The lowest BCUT2D eigenvalue weighted by Gasteiger charge is -2.13. The normalized spacial score (nSPS) is 12.1. The highest BCUT2D eigenvalue weighted by atomic mass is 32.2. The summed E-state index contributed by atoms with van der Waals surface area (Å²) in [6, 6.07) is 6.01. The average Bonchev–Trinajstić information content (AvgIpc) is 2.51. The van der Waals surface area contributed by atoms with Gasteiger partial charge in [0, 0.05) is 11.9 Å². The molecular formula is C15H18N4O3S. The van der Waals surface area contributed by atoms with E-state index in [2.05, 4.69) is 15.6 Å². The van der Waals surface area contributed by atoms with E-state index in [1.54, 1.807) is 18.2 Å². The van der Waals surface area contributed by atoms with Crippen molar-refractivity contribution >= 4 is 29.5 Å². The molecule has 1 heterocycles. The van der Waals surface area contributed by atoms with Crippen LogP contribution in [-0.2, 0) is 9.59 Å². The van der Waals surface area contributed by atoms with E-state index in [9.17, 15) is 9.59 Å². The number of carbonyl (C=O) groups is 2. The topological polar surface area (TPSA) is 115 Å². The molecule has 1 rings (SSSR count). The maximum absolute atomic E-state index is 12.0. The quantitative estimate of drug-likeness (QED) is 0.488. The zero-order valence-electron chi connectivity index (χ0n) is 12.9. The maximum atomic E-state index is 12.0. The van der Waals surface area contributed by atoms with Crippen LogP contribution in [0.3, 0.4) is 0 Å². The molecule has 0 aliphatic heterocycles. The van der Waals surface area contributed by atoms with Crippen LogP contribution in [0.15, 0.2) is 30.0 Å². The smallest absolute Gasteiger partial charge is 0.326 e. The van der Waals surface area contributed by atoms with Crippen LogP contribution in [0.2, 0.25) is 0 Å². The van der Waals surface area contributed by atoms with Crippen molar-refractivity contribution in [2.24, 2.45) is 0 Å². The number of thioether (sulfide) groups is 1. The predicted molar refractivity (Wildman–Crippen MR) is 88.9 cm³/mol. The van der Waals surface area contributed by atoms with Gasteiger partial charge in [-0.05, 0) is 37.5 Å². The molecular weight excluding hydrogens is 316 g/mol. The summed E-state index contributed by atoms with van der Waals surface area (Å²) in [6.07, 6.45) is 3.35. The van der Waals surface area contributed by atoms with E-state index >= 15 is 0 Å². The van der Waals surface area contributed by atoms with Crippen molar-refractivity contribution in [2.75, 3.05) is 17.3 Å². The van der Waals surface area contributed by atoms with E-state index in [0.29, 0.717) is 11.6 Å². The largest absolute Gasteiger partial charge is 0.480 e. The summed E-state index contributed by atoms with van der Waals surface area (Å²) < 4.78 is 0. The lowest BCUT2D eigenvalue weighted by Crippen LogP contribution is -2.41. The van der Waals surface area contributed by atoms with Gasteiger partial charge in [-0.15, -0.1) is 0 Å². The van der Waals surface area contributed by atoms with E-state index < -0.39 is 17.9 Å². The molecule has 1 unspecified atom stereocenters. The molecule has 122 valence electrons. The first-order valence-corrected chi connectivity index (χ1v) is 8.20. The Hall–Kier alpha value is -2.53. The second-order valence-electron chi connectivity index (χ2n) is 4.62. The van der Waals surface area contributed by atoms with E-state index in [0.717, 1.165) is 5.69 Å². The van der Waals surface area contributed by atoms with E-state index in [1.807, 2.05) is 19.2 Å². The number of rotatable bonds is 8. The van der Waals surface area contributed by atoms with Crippen molar-refractivity contribution in [1.82, 2.24) is 10.3 Å². The fraction of sp³-hybridized carbons (Fsp3) is 0.333. The van der Waals surface area contributed by atoms with Gasteiger partial charge in [-0.1, -0.05) is 6.07 Å². The molecule has 0 aromatic carbocycles. The molecule has 1 aromatic heterocycles. The fourth-order valence-electron chi connectivity index (χ4n) is 1.65. The third kappa shape index (κ3) is 6.40. The highest BCUT2D eigenvalue weighted by molar-refractivity contribution is 7.98. The minimum absolute atomic E-state index is 0.219. The number of carboxylic acids is 1. The third-order valence-corrected chi connectivity index (χ3v) is 3.48. The summed E-state index contributed by atoms with van der Waals surface area (Å²) in [5, 5.41) is 23.3. The summed E-state index contributed by atoms with van der Waals surface area (Å²) in [5.74, 6) is -0.782. The zero-order valence-corrected chi connectivity index (χ0v) is 13.7. The monoisotopic (exact) mass is 334 g/mol. The number of nitriles is 1. The first-order valence-electron chi connectivity index (χ1n) is 6.81. The second-order valence-corrected chi connectivity index (χ2v) is 5.61. The Balaban J connectivity index is 2.75. The van der Waals surface area contributed by atoms with Crippen molar-refractivity contribution in [3.05, 3.63) is 35.7 Å². The van der Waals surface area contributed by atoms with Crippen molar-refractivity contribution in [1.29, 1.82) is 5.26 Å². The number of nitrogens with zero attached hydrogens (tertiary/aromatic N) is 2. The molecule has 7 nitrogen and oxygen atoms in total. The molecule has 0 bridgehead atoms. The third-order valence-electron chi connectivity index (χ3n) is 2.83. The van der Waals surface area contributed by atoms with Crippen molar-refractivity contribution in [3.63, 3.8) is 0 Å². The molecule has 0 saturated heterocycles. The second kappa shape index (κ2) is 9.48. The number of aromatic nitrogens is 1. The van der Waals surface area contributed by atoms with Gasteiger partial charge < -0.3 is 15.7 Å². The number of carboxylic acid groups (broad SMARTS) is 1. The number of anilines is 1. The van der Waals surface area contributed by atoms with Gasteiger partial charge in [0.2, 0.25) is 0 Å². The highest BCUT2D eigenvalue weighted by Gasteiger charge is 2.21. The van der Waals surface area contributed by atoms with Crippen LogP contribution in [-0.4, -0.2) is 40.0 Å². The van der Waals surface area contributed by atoms with Crippen LogP contribution in [0.5, 0.6) is 0 Å². The summed E-state index contributed by atoms with van der Waals surface area (Å²) in [7, 11) is 0. The Morgan fingerprint density at radius 3 is 2.83 bits per heavy atom. The van der Waals surface area contributed by atoms with Crippen molar-refractivity contribution in [3.8, 4) is 6.07 Å². The molecule has 1 atom stereocenters. The number of amides is 1. The molecule has 8 heteroatoms. The number of nitrogens with one attached hydrogen (secondary N) is 2. The van der Waals surface area contributed by atoms with Gasteiger partial charge in [0.25, 0.3) is 5.91 Å². The number of aliphatic carboxylic acids is 1. The number of hydrogen-bond acceptors (Lipinski definition) is 6. The minimum Gasteiger partial charge on any atom is -0.480 e. The fourth-order valence-corrected chi connectivity index (χ4v) is 2.12. The summed E-state index contributed by atoms with van der Waals surface area (Å²) in [6.45, 7) is 1.82. The van der Waals surface area contributed by atoms with Gasteiger partial charge in [-0.3, -0.25) is 4.79 Å². The summed E-state index contributed by atoms with van der Waals surface area (Å²) in [4.78, 5) is 27.3. The summed E-state index contributed by atoms with van der Waals surface area (Å²) in [5.41, 5.74) is 0.568. The Bertz CT molecular complexity index is 640. The van der Waals surface area contributed by atoms with Gasteiger partial charge in [-0.25, -0.2) is 9.78 Å². The SMILES string of the molecule is CSCCC(NC(=O)/C(C#N)=C\Nc1cccc(C)n1)C(=O)O. The zero-order chi connectivity index (χ0) is 17.2. The van der Waals surface area contributed by atoms with E-state index in [1.165, 1.54) is 18.0 Å². The summed E-state index contributed by atoms with van der Waals surface area (Å²) >= 11 is 1.48.